The molecule has 0 N–H and O–H groups in total. The molecular weight excluding hydrogens is 172 g/mol. The van der Waals surface area contributed by atoms with Crippen molar-refractivity contribution in [2.75, 3.05) is 13.7 Å². The SMILES string of the molecule is COC[C@H](c1ccc(C)cc1)C(C)C. The van der Waals surface area contributed by atoms with Gasteiger partial charge in [0.15, 0.2) is 0 Å². The maximum atomic E-state index is 5.25. The Hall–Kier alpha value is -0.820. The van der Waals surface area contributed by atoms with Crippen LogP contribution in [-0.2, 0) is 4.74 Å². The van der Waals surface area contributed by atoms with Gasteiger partial charge in [-0.1, -0.05) is 43.7 Å². The molecular formula is C13H20O. The van der Waals surface area contributed by atoms with E-state index in [1.165, 1.54) is 11.1 Å². The van der Waals surface area contributed by atoms with Crippen molar-refractivity contribution in [3.05, 3.63) is 35.4 Å². The molecule has 0 aromatic heterocycles. The first kappa shape index (κ1) is 11.3. The van der Waals surface area contributed by atoms with Gasteiger partial charge in [0.25, 0.3) is 0 Å². The molecule has 1 aromatic carbocycles. The van der Waals surface area contributed by atoms with E-state index < -0.39 is 0 Å². The van der Waals surface area contributed by atoms with Gasteiger partial charge in [0.05, 0.1) is 6.61 Å². The zero-order valence-corrected chi connectivity index (χ0v) is 9.58. The van der Waals surface area contributed by atoms with Crippen molar-refractivity contribution in [1.29, 1.82) is 0 Å². The highest BCUT2D eigenvalue weighted by Crippen LogP contribution is 2.24. The average Bonchev–Trinajstić information content (AvgIpc) is 2.15. The topological polar surface area (TPSA) is 9.23 Å². The van der Waals surface area contributed by atoms with Gasteiger partial charge in [-0.05, 0) is 18.4 Å². The van der Waals surface area contributed by atoms with Crippen LogP contribution in [0.1, 0.15) is 30.9 Å². The largest absolute Gasteiger partial charge is 0.384 e. The van der Waals surface area contributed by atoms with Crippen molar-refractivity contribution in [2.24, 2.45) is 5.92 Å². The van der Waals surface area contributed by atoms with E-state index in [4.69, 9.17) is 4.74 Å². The van der Waals surface area contributed by atoms with Crippen LogP contribution in [0.4, 0.5) is 0 Å². The molecule has 0 bridgehead atoms. The Morgan fingerprint density at radius 1 is 1.14 bits per heavy atom. The van der Waals surface area contributed by atoms with E-state index in [0.717, 1.165) is 6.61 Å². The normalized spacial score (nSPS) is 13.2. The lowest BCUT2D eigenvalue weighted by molar-refractivity contribution is 0.162. The van der Waals surface area contributed by atoms with Crippen LogP contribution in [0.3, 0.4) is 0 Å². The molecule has 78 valence electrons. The van der Waals surface area contributed by atoms with Crippen LogP contribution in [0.2, 0.25) is 0 Å². The first-order valence-electron chi connectivity index (χ1n) is 5.20. The number of rotatable bonds is 4. The molecule has 0 unspecified atom stereocenters. The fourth-order valence-corrected chi connectivity index (χ4v) is 1.67. The molecule has 1 atom stereocenters. The maximum Gasteiger partial charge on any atom is 0.0533 e. The van der Waals surface area contributed by atoms with Gasteiger partial charge in [0.2, 0.25) is 0 Å². The molecule has 1 rings (SSSR count). The van der Waals surface area contributed by atoms with E-state index in [2.05, 4.69) is 45.0 Å². The quantitative estimate of drug-likeness (QED) is 0.710. The molecule has 14 heavy (non-hydrogen) atoms. The molecule has 0 aliphatic carbocycles. The van der Waals surface area contributed by atoms with Gasteiger partial charge in [0.1, 0.15) is 0 Å². The molecule has 0 saturated carbocycles. The summed E-state index contributed by atoms with van der Waals surface area (Å²) in [6.07, 6.45) is 0. The fraction of sp³-hybridized carbons (Fsp3) is 0.538. The minimum atomic E-state index is 0.514. The van der Waals surface area contributed by atoms with Gasteiger partial charge in [0, 0.05) is 13.0 Å². The van der Waals surface area contributed by atoms with E-state index >= 15 is 0 Å². The van der Waals surface area contributed by atoms with Crippen molar-refractivity contribution >= 4 is 0 Å². The minimum absolute atomic E-state index is 0.514. The highest BCUT2D eigenvalue weighted by atomic mass is 16.5. The molecule has 0 radical (unpaired) electrons. The summed E-state index contributed by atoms with van der Waals surface area (Å²) in [6.45, 7) is 7.40. The number of methoxy groups -OCH3 is 1. The molecule has 0 fully saturated rings. The summed E-state index contributed by atoms with van der Waals surface area (Å²) < 4.78 is 5.25. The van der Waals surface area contributed by atoms with Crippen molar-refractivity contribution in [2.45, 2.75) is 26.7 Å². The van der Waals surface area contributed by atoms with Gasteiger partial charge in [-0.15, -0.1) is 0 Å². The molecule has 1 aromatic rings. The van der Waals surface area contributed by atoms with Gasteiger partial charge in [-0.3, -0.25) is 0 Å². The molecule has 0 spiro atoms. The first-order chi connectivity index (χ1) is 6.65. The van der Waals surface area contributed by atoms with Crippen LogP contribution in [-0.4, -0.2) is 13.7 Å². The van der Waals surface area contributed by atoms with Crippen LogP contribution >= 0.6 is 0 Å². The zero-order chi connectivity index (χ0) is 10.6. The van der Waals surface area contributed by atoms with Gasteiger partial charge >= 0.3 is 0 Å². The molecule has 0 amide bonds. The Morgan fingerprint density at radius 3 is 2.14 bits per heavy atom. The Balaban J connectivity index is 2.82. The number of benzene rings is 1. The van der Waals surface area contributed by atoms with Gasteiger partial charge < -0.3 is 4.74 Å². The fourth-order valence-electron chi connectivity index (χ4n) is 1.67. The molecule has 1 nitrogen and oxygen atoms in total. The summed E-state index contributed by atoms with van der Waals surface area (Å²) in [7, 11) is 1.77. The lowest BCUT2D eigenvalue weighted by Gasteiger charge is -2.20. The predicted molar refractivity (Wildman–Crippen MR) is 60.6 cm³/mol. The van der Waals surface area contributed by atoms with Gasteiger partial charge in [-0.25, -0.2) is 0 Å². The van der Waals surface area contributed by atoms with E-state index in [1.807, 2.05) is 0 Å². The maximum absolute atomic E-state index is 5.25. The molecule has 0 heterocycles. The Kier molecular flexibility index (Phi) is 4.15. The van der Waals surface area contributed by atoms with Crippen LogP contribution in [0.15, 0.2) is 24.3 Å². The molecule has 0 aliphatic heterocycles. The molecule has 0 saturated heterocycles. The van der Waals surface area contributed by atoms with Crippen LogP contribution < -0.4 is 0 Å². The second kappa shape index (κ2) is 5.16. The van der Waals surface area contributed by atoms with Crippen LogP contribution in [0.25, 0.3) is 0 Å². The van der Waals surface area contributed by atoms with Gasteiger partial charge in [-0.2, -0.15) is 0 Å². The summed E-state index contributed by atoms with van der Waals surface area (Å²) in [6, 6.07) is 8.75. The van der Waals surface area contributed by atoms with Crippen molar-refractivity contribution in [3.63, 3.8) is 0 Å². The summed E-state index contributed by atoms with van der Waals surface area (Å²) in [5, 5.41) is 0. The standard InChI is InChI=1S/C13H20O/c1-10(2)13(9-14-4)12-7-5-11(3)6-8-12/h5-8,10,13H,9H2,1-4H3/t13-/m0/s1. The third-order valence-electron chi connectivity index (χ3n) is 2.66. The number of aryl methyl sites for hydroxylation is 1. The number of ether oxygens (including phenoxy) is 1. The van der Waals surface area contributed by atoms with E-state index in [-0.39, 0.29) is 0 Å². The lowest BCUT2D eigenvalue weighted by atomic mass is 9.89. The summed E-state index contributed by atoms with van der Waals surface area (Å²) >= 11 is 0. The Labute approximate surface area is 87.1 Å². The predicted octanol–water partition coefficient (Wildman–Crippen LogP) is 3.38. The Bertz CT molecular complexity index is 261. The summed E-state index contributed by atoms with van der Waals surface area (Å²) in [4.78, 5) is 0. The number of hydrogen-bond donors (Lipinski definition) is 0. The lowest BCUT2D eigenvalue weighted by Crippen LogP contribution is -2.12. The third kappa shape index (κ3) is 2.85. The van der Waals surface area contributed by atoms with Crippen LogP contribution in [0.5, 0.6) is 0 Å². The first-order valence-corrected chi connectivity index (χ1v) is 5.20. The highest BCUT2D eigenvalue weighted by molar-refractivity contribution is 5.24. The third-order valence-corrected chi connectivity index (χ3v) is 2.66. The zero-order valence-electron chi connectivity index (χ0n) is 9.58. The average molecular weight is 192 g/mol. The molecule has 1 heteroatoms. The van der Waals surface area contributed by atoms with Crippen molar-refractivity contribution in [1.82, 2.24) is 0 Å². The highest BCUT2D eigenvalue weighted by Gasteiger charge is 2.14. The van der Waals surface area contributed by atoms with Crippen molar-refractivity contribution < 1.29 is 4.74 Å². The monoisotopic (exact) mass is 192 g/mol. The second-order valence-electron chi connectivity index (χ2n) is 4.22. The number of hydrogen-bond acceptors (Lipinski definition) is 1. The van der Waals surface area contributed by atoms with Crippen molar-refractivity contribution in [3.8, 4) is 0 Å². The minimum Gasteiger partial charge on any atom is -0.384 e. The van der Waals surface area contributed by atoms with Crippen LogP contribution in [0, 0.1) is 12.8 Å². The van der Waals surface area contributed by atoms with E-state index in [1.54, 1.807) is 7.11 Å². The smallest absolute Gasteiger partial charge is 0.0533 e. The molecule has 0 aliphatic rings. The van der Waals surface area contributed by atoms with E-state index in [0.29, 0.717) is 11.8 Å². The van der Waals surface area contributed by atoms with E-state index in [9.17, 15) is 0 Å². The summed E-state index contributed by atoms with van der Waals surface area (Å²) in [5.41, 5.74) is 2.70. The summed E-state index contributed by atoms with van der Waals surface area (Å²) in [5.74, 6) is 1.14. The second-order valence-corrected chi connectivity index (χ2v) is 4.22. The Morgan fingerprint density at radius 2 is 1.71 bits per heavy atom.